The summed E-state index contributed by atoms with van der Waals surface area (Å²) in [6.07, 6.45) is 1.84. The minimum Gasteiger partial charge on any atom is -0.490 e. The van der Waals surface area contributed by atoms with E-state index >= 15 is 0 Å². The Kier molecular flexibility index (Phi) is 7.41. The normalized spacial score (nSPS) is 14.6. The van der Waals surface area contributed by atoms with Crippen LogP contribution in [0.25, 0.3) is 16.8 Å². The number of halogens is 1. The molecule has 0 radical (unpaired) electrons. The molecule has 0 unspecified atom stereocenters. The van der Waals surface area contributed by atoms with Crippen LogP contribution >= 0.6 is 39.9 Å². The first-order chi connectivity index (χ1) is 17.5. The highest BCUT2D eigenvalue weighted by Crippen LogP contribution is 2.40. The first kappa shape index (κ1) is 24.6. The second kappa shape index (κ2) is 10.9. The van der Waals surface area contributed by atoms with E-state index in [0.29, 0.717) is 33.9 Å². The van der Waals surface area contributed by atoms with Gasteiger partial charge in [0.1, 0.15) is 6.61 Å². The van der Waals surface area contributed by atoms with Gasteiger partial charge in [-0.05, 0) is 75.1 Å². The van der Waals surface area contributed by atoms with Crippen molar-refractivity contribution in [1.82, 2.24) is 0 Å². The van der Waals surface area contributed by atoms with E-state index < -0.39 is 0 Å². The largest absolute Gasteiger partial charge is 0.490 e. The van der Waals surface area contributed by atoms with Crippen LogP contribution in [0.1, 0.15) is 18.1 Å². The maximum atomic E-state index is 13.1. The minimum atomic E-state index is -0.137. The number of amides is 1. The van der Waals surface area contributed by atoms with E-state index in [1.807, 2.05) is 73.7 Å². The zero-order valence-corrected chi connectivity index (χ0v) is 22.7. The molecule has 1 fully saturated rings. The van der Waals surface area contributed by atoms with Gasteiger partial charge in [-0.3, -0.25) is 9.69 Å². The molecule has 1 aliphatic heterocycles. The average molecular weight is 577 g/mol. The van der Waals surface area contributed by atoms with E-state index in [0.717, 1.165) is 26.7 Å². The maximum Gasteiger partial charge on any atom is 0.270 e. The van der Waals surface area contributed by atoms with Gasteiger partial charge < -0.3 is 9.47 Å². The van der Waals surface area contributed by atoms with E-state index in [4.69, 9.17) is 21.7 Å². The molecule has 0 atom stereocenters. The molecule has 4 aromatic rings. The van der Waals surface area contributed by atoms with Crippen molar-refractivity contribution < 1.29 is 14.3 Å². The van der Waals surface area contributed by atoms with Crippen molar-refractivity contribution in [2.24, 2.45) is 0 Å². The molecule has 0 aliphatic carbocycles. The van der Waals surface area contributed by atoms with Gasteiger partial charge in [0.25, 0.3) is 5.91 Å². The van der Waals surface area contributed by atoms with Crippen molar-refractivity contribution in [3.63, 3.8) is 0 Å². The molecule has 0 saturated carbocycles. The number of carbonyl (C=O) groups is 1. The first-order valence-electron chi connectivity index (χ1n) is 11.4. The number of thiocarbonyl (C=S) groups is 1. The highest BCUT2D eigenvalue weighted by atomic mass is 79.9. The molecule has 1 amide bonds. The van der Waals surface area contributed by atoms with Crippen LogP contribution in [-0.2, 0) is 11.4 Å². The van der Waals surface area contributed by atoms with E-state index in [2.05, 4.69) is 40.2 Å². The molecule has 1 heterocycles. The van der Waals surface area contributed by atoms with Gasteiger partial charge in [-0.25, -0.2) is 0 Å². The summed E-state index contributed by atoms with van der Waals surface area (Å²) in [4.78, 5) is 15.3. The molecule has 1 aliphatic rings. The van der Waals surface area contributed by atoms with E-state index in [1.54, 1.807) is 4.90 Å². The Hall–Kier alpha value is -3.13. The molecule has 0 aromatic heterocycles. The fourth-order valence-corrected chi connectivity index (χ4v) is 5.93. The van der Waals surface area contributed by atoms with Crippen molar-refractivity contribution in [2.75, 3.05) is 11.5 Å². The average Bonchev–Trinajstić information content (AvgIpc) is 3.16. The summed E-state index contributed by atoms with van der Waals surface area (Å²) < 4.78 is 13.4. The second-order valence-electron chi connectivity index (χ2n) is 8.04. The lowest BCUT2D eigenvalue weighted by molar-refractivity contribution is -0.113. The highest BCUT2D eigenvalue weighted by molar-refractivity contribution is 9.10. The summed E-state index contributed by atoms with van der Waals surface area (Å²) in [5, 5.41) is 2.33. The molecule has 0 bridgehead atoms. The topological polar surface area (TPSA) is 38.8 Å². The van der Waals surface area contributed by atoms with Crippen LogP contribution in [0.15, 0.2) is 94.3 Å². The number of hydrogen-bond donors (Lipinski definition) is 0. The molecule has 36 heavy (non-hydrogen) atoms. The lowest BCUT2D eigenvalue weighted by Gasteiger charge is -2.16. The third-order valence-electron chi connectivity index (χ3n) is 5.69. The van der Waals surface area contributed by atoms with Gasteiger partial charge in [0.05, 0.1) is 21.7 Å². The second-order valence-corrected chi connectivity index (χ2v) is 10.6. The summed E-state index contributed by atoms with van der Waals surface area (Å²) in [6, 6.07) is 27.7. The molecule has 5 rings (SSSR count). The number of anilines is 1. The van der Waals surface area contributed by atoms with Gasteiger partial charge in [-0.1, -0.05) is 84.6 Å². The van der Waals surface area contributed by atoms with Crippen LogP contribution in [0.3, 0.4) is 0 Å². The van der Waals surface area contributed by atoms with Gasteiger partial charge in [0, 0.05) is 0 Å². The van der Waals surface area contributed by atoms with Crippen molar-refractivity contribution >= 4 is 72.7 Å². The van der Waals surface area contributed by atoms with Gasteiger partial charge in [-0.15, -0.1) is 0 Å². The lowest BCUT2D eigenvalue weighted by atomic mass is 10.1. The number of ether oxygens (including phenoxy) is 2. The SMILES string of the molecule is CCOc1cc(/C=C2/SC(=S)N(c3ccccc3)C2=O)cc(Br)c1OCc1cccc2ccccc12. The van der Waals surface area contributed by atoms with Gasteiger partial charge in [0.2, 0.25) is 0 Å². The molecule has 180 valence electrons. The van der Waals surface area contributed by atoms with Crippen molar-refractivity contribution in [1.29, 1.82) is 0 Å². The zero-order chi connectivity index (χ0) is 25.1. The van der Waals surface area contributed by atoms with Gasteiger partial charge >= 0.3 is 0 Å². The molecule has 7 heteroatoms. The smallest absolute Gasteiger partial charge is 0.270 e. The van der Waals surface area contributed by atoms with Crippen molar-refractivity contribution in [3.05, 3.63) is 105 Å². The van der Waals surface area contributed by atoms with E-state index in [9.17, 15) is 4.79 Å². The summed E-state index contributed by atoms with van der Waals surface area (Å²) in [5.41, 5.74) is 2.67. The number of benzene rings is 4. The predicted octanol–water partition coefficient (Wildman–Crippen LogP) is 7.99. The molecule has 1 saturated heterocycles. The number of thioether (sulfide) groups is 1. The number of rotatable bonds is 7. The number of para-hydroxylation sites is 1. The molecular formula is C29H22BrNO3S2. The molecular weight excluding hydrogens is 554 g/mol. The van der Waals surface area contributed by atoms with Crippen LogP contribution in [0.4, 0.5) is 5.69 Å². The van der Waals surface area contributed by atoms with Crippen LogP contribution in [0, 0.1) is 0 Å². The Morgan fingerprint density at radius 1 is 0.972 bits per heavy atom. The van der Waals surface area contributed by atoms with Crippen LogP contribution in [0.5, 0.6) is 11.5 Å². The van der Waals surface area contributed by atoms with Crippen molar-refractivity contribution in [2.45, 2.75) is 13.5 Å². The molecule has 4 aromatic carbocycles. The lowest BCUT2D eigenvalue weighted by Crippen LogP contribution is -2.27. The fourth-order valence-electron chi connectivity index (χ4n) is 4.06. The predicted molar refractivity (Wildman–Crippen MR) is 156 cm³/mol. The summed E-state index contributed by atoms with van der Waals surface area (Å²) in [5.74, 6) is 1.09. The third-order valence-corrected chi connectivity index (χ3v) is 7.58. The number of hydrogen-bond acceptors (Lipinski definition) is 5. The fraction of sp³-hybridized carbons (Fsp3) is 0.103. The van der Waals surface area contributed by atoms with Crippen molar-refractivity contribution in [3.8, 4) is 11.5 Å². The highest BCUT2D eigenvalue weighted by Gasteiger charge is 2.33. The maximum absolute atomic E-state index is 13.1. The molecule has 0 N–H and O–H groups in total. The minimum absolute atomic E-state index is 0.137. The summed E-state index contributed by atoms with van der Waals surface area (Å²) in [6.45, 7) is 2.81. The zero-order valence-electron chi connectivity index (χ0n) is 19.4. The number of fused-ring (bicyclic) bond motifs is 1. The monoisotopic (exact) mass is 575 g/mol. The molecule has 4 nitrogen and oxygen atoms in total. The van der Waals surface area contributed by atoms with E-state index in [1.165, 1.54) is 17.1 Å². The summed E-state index contributed by atoms with van der Waals surface area (Å²) >= 11 is 10.4. The number of nitrogens with zero attached hydrogens (tertiary/aromatic N) is 1. The van der Waals surface area contributed by atoms with Crippen LogP contribution in [0.2, 0.25) is 0 Å². The Labute approximate surface area is 228 Å². The Morgan fingerprint density at radius 2 is 1.72 bits per heavy atom. The molecule has 0 spiro atoms. The Bertz CT molecular complexity index is 1480. The third kappa shape index (κ3) is 5.05. The van der Waals surface area contributed by atoms with Crippen LogP contribution < -0.4 is 14.4 Å². The summed E-state index contributed by atoms with van der Waals surface area (Å²) in [7, 11) is 0. The van der Waals surface area contributed by atoms with E-state index in [-0.39, 0.29) is 5.91 Å². The van der Waals surface area contributed by atoms with Crippen LogP contribution in [-0.4, -0.2) is 16.8 Å². The first-order valence-corrected chi connectivity index (χ1v) is 13.5. The Morgan fingerprint density at radius 3 is 2.53 bits per heavy atom. The number of carbonyl (C=O) groups excluding carboxylic acids is 1. The van der Waals surface area contributed by atoms with Gasteiger partial charge in [-0.2, -0.15) is 0 Å². The standard InChI is InChI=1S/C29H22BrNO3S2/c1-2-33-25-16-19(17-26-28(32)31(29(35)36-26)22-12-4-3-5-13-22)15-24(30)27(25)34-18-21-11-8-10-20-9-6-7-14-23(20)21/h3-17H,2,18H2,1H3/b26-17+. The quantitative estimate of drug-likeness (QED) is 0.165. The Balaban J connectivity index is 1.42. The van der Waals surface area contributed by atoms with Gasteiger partial charge in [0.15, 0.2) is 15.8 Å².